The molecule has 0 aliphatic rings. The van der Waals surface area contributed by atoms with Crippen LogP contribution >= 0.6 is 11.6 Å². The molecule has 2 aromatic carbocycles. The van der Waals surface area contributed by atoms with Gasteiger partial charge in [0.2, 0.25) is 0 Å². The van der Waals surface area contributed by atoms with Crippen LogP contribution in [0.15, 0.2) is 47.4 Å². The van der Waals surface area contributed by atoms with Crippen LogP contribution in [0.1, 0.15) is 12.5 Å². The minimum Gasteiger partial charge on any atom is -0.452 e. The lowest BCUT2D eigenvalue weighted by atomic mass is 10.1. The standard InChI is InChI=1S/C17H16ClFN2O5S/c1-10(17(20)23)26-16(22)8-11-2-5-13(6-3-11)21-27(24,25)15-7-4-12(18)9-14(15)19/h2-7,9-10,21H,8H2,1H3,(H2,20,23)/t10-/m0/s1. The Morgan fingerprint density at radius 2 is 1.85 bits per heavy atom. The second kappa shape index (κ2) is 8.36. The second-order valence-electron chi connectivity index (χ2n) is 5.59. The average Bonchev–Trinajstić information content (AvgIpc) is 2.55. The second-order valence-corrected chi connectivity index (χ2v) is 7.68. The number of amides is 1. The molecule has 2 aromatic rings. The average molecular weight is 415 g/mol. The fraction of sp³-hybridized carbons (Fsp3) is 0.176. The van der Waals surface area contributed by atoms with Crippen molar-refractivity contribution in [2.24, 2.45) is 5.73 Å². The summed E-state index contributed by atoms with van der Waals surface area (Å²) in [6, 6.07) is 9.03. The number of ether oxygens (including phenoxy) is 1. The largest absolute Gasteiger partial charge is 0.452 e. The van der Waals surface area contributed by atoms with E-state index in [0.717, 1.165) is 12.1 Å². The van der Waals surface area contributed by atoms with Crippen LogP contribution in [-0.4, -0.2) is 26.4 Å². The fourth-order valence-corrected chi connectivity index (χ4v) is 3.34. The zero-order valence-corrected chi connectivity index (χ0v) is 15.7. The normalized spacial score (nSPS) is 12.3. The number of benzene rings is 2. The van der Waals surface area contributed by atoms with Crippen molar-refractivity contribution in [1.82, 2.24) is 0 Å². The minimum atomic E-state index is -4.15. The van der Waals surface area contributed by atoms with Gasteiger partial charge >= 0.3 is 5.97 Å². The van der Waals surface area contributed by atoms with Gasteiger partial charge in [0.25, 0.3) is 15.9 Å². The number of rotatable bonds is 7. The summed E-state index contributed by atoms with van der Waals surface area (Å²) in [4.78, 5) is 22.0. The fourth-order valence-electron chi connectivity index (χ4n) is 2.06. The first-order valence-electron chi connectivity index (χ1n) is 7.64. The monoisotopic (exact) mass is 414 g/mol. The number of carbonyl (C=O) groups excluding carboxylic acids is 2. The molecule has 2 rings (SSSR count). The van der Waals surface area contributed by atoms with Gasteiger partial charge in [-0.15, -0.1) is 0 Å². The number of nitrogens with two attached hydrogens (primary N) is 1. The van der Waals surface area contributed by atoms with Crippen LogP contribution in [0.5, 0.6) is 0 Å². The van der Waals surface area contributed by atoms with Gasteiger partial charge in [0.05, 0.1) is 6.42 Å². The SMILES string of the molecule is C[C@H](OC(=O)Cc1ccc(NS(=O)(=O)c2ccc(Cl)cc2F)cc1)C(N)=O. The van der Waals surface area contributed by atoms with E-state index < -0.39 is 38.7 Å². The summed E-state index contributed by atoms with van der Waals surface area (Å²) in [6.45, 7) is 1.36. The number of hydrogen-bond acceptors (Lipinski definition) is 5. The molecular formula is C17H16ClFN2O5S. The third-order valence-corrected chi connectivity index (χ3v) is 5.10. The minimum absolute atomic E-state index is 0.0772. The Morgan fingerprint density at radius 1 is 1.22 bits per heavy atom. The van der Waals surface area contributed by atoms with E-state index in [1.54, 1.807) is 0 Å². The summed E-state index contributed by atoms with van der Waals surface area (Å²) in [7, 11) is -4.15. The maximum atomic E-state index is 13.8. The summed E-state index contributed by atoms with van der Waals surface area (Å²) in [6.07, 6.45) is -1.17. The van der Waals surface area contributed by atoms with Gasteiger partial charge in [-0.1, -0.05) is 23.7 Å². The van der Waals surface area contributed by atoms with Crippen molar-refractivity contribution < 1.29 is 27.1 Å². The van der Waals surface area contributed by atoms with E-state index in [-0.39, 0.29) is 17.1 Å². The van der Waals surface area contributed by atoms with Crippen molar-refractivity contribution in [3.63, 3.8) is 0 Å². The lowest BCUT2D eigenvalue weighted by Gasteiger charge is -2.11. The Bertz CT molecular complexity index is 964. The molecule has 1 atom stereocenters. The van der Waals surface area contributed by atoms with Crippen molar-refractivity contribution in [3.8, 4) is 0 Å². The number of esters is 1. The van der Waals surface area contributed by atoms with Crippen LogP contribution in [0, 0.1) is 5.82 Å². The predicted molar refractivity (Wildman–Crippen MR) is 97.1 cm³/mol. The quantitative estimate of drug-likeness (QED) is 0.674. The van der Waals surface area contributed by atoms with Gasteiger partial charge in [0, 0.05) is 10.7 Å². The third kappa shape index (κ3) is 5.66. The third-order valence-electron chi connectivity index (χ3n) is 3.45. The number of nitrogens with one attached hydrogen (secondary N) is 1. The number of sulfonamides is 1. The van der Waals surface area contributed by atoms with E-state index in [1.807, 2.05) is 0 Å². The first-order chi connectivity index (χ1) is 12.6. The topological polar surface area (TPSA) is 116 Å². The molecule has 0 saturated heterocycles. The zero-order chi connectivity index (χ0) is 20.2. The molecule has 0 spiro atoms. The lowest BCUT2D eigenvalue weighted by molar-refractivity contribution is -0.153. The van der Waals surface area contributed by atoms with Gasteiger partial charge in [-0.2, -0.15) is 0 Å². The smallest absolute Gasteiger partial charge is 0.311 e. The Labute approximate surface area is 160 Å². The number of primary amides is 1. The molecule has 10 heteroatoms. The van der Waals surface area contributed by atoms with Crippen LogP contribution in [0.2, 0.25) is 5.02 Å². The molecule has 0 fully saturated rings. The molecular weight excluding hydrogens is 399 g/mol. The van der Waals surface area contributed by atoms with E-state index in [4.69, 9.17) is 22.1 Å². The van der Waals surface area contributed by atoms with Gasteiger partial charge in [-0.25, -0.2) is 12.8 Å². The van der Waals surface area contributed by atoms with E-state index in [0.29, 0.717) is 5.56 Å². The summed E-state index contributed by atoms with van der Waals surface area (Å²) in [5.41, 5.74) is 5.71. The summed E-state index contributed by atoms with van der Waals surface area (Å²) in [5.74, 6) is -2.39. The van der Waals surface area contributed by atoms with Gasteiger partial charge < -0.3 is 10.5 Å². The van der Waals surface area contributed by atoms with Crippen LogP contribution in [0.4, 0.5) is 10.1 Å². The number of anilines is 1. The Morgan fingerprint density at radius 3 is 2.41 bits per heavy atom. The lowest BCUT2D eigenvalue weighted by Crippen LogP contribution is -2.30. The molecule has 1 amide bonds. The van der Waals surface area contributed by atoms with Gasteiger partial charge in [0.1, 0.15) is 10.7 Å². The van der Waals surface area contributed by atoms with Crippen LogP contribution in [0.3, 0.4) is 0 Å². The zero-order valence-electron chi connectivity index (χ0n) is 14.1. The predicted octanol–water partition coefficient (Wildman–Crippen LogP) is 2.24. The Kier molecular flexibility index (Phi) is 6.40. The molecule has 0 radical (unpaired) electrons. The van der Waals surface area contributed by atoms with Crippen molar-refractivity contribution in [2.75, 3.05) is 4.72 Å². The molecule has 7 nitrogen and oxygen atoms in total. The van der Waals surface area contributed by atoms with Gasteiger partial charge in [0.15, 0.2) is 6.10 Å². The summed E-state index contributed by atoms with van der Waals surface area (Å²) < 4.78 is 45.4. The highest BCUT2D eigenvalue weighted by atomic mass is 35.5. The highest BCUT2D eigenvalue weighted by molar-refractivity contribution is 7.92. The van der Waals surface area contributed by atoms with Gasteiger partial charge in [-0.05, 0) is 42.8 Å². The molecule has 0 bridgehead atoms. The van der Waals surface area contributed by atoms with Crippen molar-refractivity contribution in [1.29, 1.82) is 0 Å². The number of carbonyl (C=O) groups is 2. The molecule has 0 saturated carbocycles. The Balaban J connectivity index is 2.07. The van der Waals surface area contributed by atoms with Gasteiger partial charge in [-0.3, -0.25) is 14.3 Å². The van der Waals surface area contributed by atoms with Crippen LogP contribution in [0.25, 0.3) is 0 Å². The van der Waals surface area contributed by atoms with E-state index in [2.05, 4.69) is 4.72 Å². The molecule has 0 unspecified atom stereocenters. The molecule has 144 valence electrons. The van der Waals surface area contributed by atoms with E-state index >= 15 is 0 Å². The molecule has 0 aromatic heterocycles. The molecule has 27 heavy (non-hydrogen) atoms. The molecule has 0 aliphatic heterocycles. The molecule has 3 N–H and O–H groups in total. The van der Waals surface area contributed by atoms with E-state index in [9.17, 15) is 22.4 Å². The maximum absolute atomic E-state index is 13.8. The van der Waals surface area contributed by atoms with Crippen molar-refractivity contribution in [3.05, 3.63) is 58.9 Å². The van der Waals surface area contributed by atoms with Crippen molar-refractivity contribution >= 4 is 39.2 Å². The highest BCUT2D eigenvalue weighted by Gasteiger charge is 2.20. The van der Waals surface area contributed by atoms with Crippen LogP contribution in [-0.2, 0) is 30.8 Å². The molecule has 0 aliphatic carbocycles. The summed E-state index contributed by atoms with van der Waals surface area (Å²) >= 11 is 5.62. The first kappa shape index (κ1) is 20.7. The Hall–Kier alpha value is -2.65. The highest BCUT2D eigenvalue weighted by Crippen LogP contribution is 2.22. The molecule has 0 heterocycles. The van der Waals surface area contributed by atoms with Crippen LogP contribution < -0.4 is 10.5 Å². The summed E-state index contributed by atoms with van der Waals surface area (Å²) in [5, 5.41) is 0.0772. The number of halogens is 2. The first-order valence-corrected chi connectivity index (χ1v) is 9.50. The van der Waals surface area contributed by atoms with Crippen molar-refractivity contribution in [2.45, 2.75) is 24.3 Å². The number of hydrogen-bond donors (Lipinski definition) is 2. The maximum Gasteiger partial charge on any atom is 0.311 e. The van der Waals surface area contributed by atoms with E-state index in [1.165, 1.54) is 37.3 Å².